The second-order valence-electron chi connectivity index (χ2n) is 9.06. The summed E-state index contributed by atoms with van der Waals surface area (Å²) in [5.41, 5.74) is 7.95. The number of hydrogen-bond acceptors (Lipinski definition) is 5. The number of nitrogens with zero attached hydrogens (tertiary/aromatic N) is 4. The van der Waals surface area contributed by atoms with Gasteiger partial charge in [-0.1, -0.05) is 24.3 Å². The van der Waals surface area contributed by atoms with Gasteiger partial charge in [-0.05, 0) is 62.1 Å². The SMILES string of the molecule is CN(C)CCOc1cncc(-c2ccc3[nH]nc(-c4cc5c(-c6ccccn6)cccc5[nH]4)c3c2)c1. The van der Waals surface area contributed by atoms with Crippen LogP contribution in [0.5, 0.6) is 5.75 Å². The lowest BCUT2D eigenvalue weighted by atomic mass is 10.0. The summed E-state index contributed by atoms with van der Waals surface area (Å²) in [6.45, 7) is 1.46. The summed E-state index contributed by atoms with van der Waals surface area (Å²) in [5, 5.41) is 9.99. The lowest BCUT2D eigenvalue weighted by Gasteiger charge is -2.11. The van der Waals surface area contributed by atoms with Crippen molar-refractivity contribution in [2.75, 3.05) is 27.2 Å². The van der Waals surface area contributed by atoms with E-state index in [0.29, 0.717) is 6.61 Å². The van der Waals surface area contributed by atoms with Gasteiger partial charge in [-0.3, -0.25) is 15.1 Å². The van der Waals surface area contributed by atoms with Gasteiger partial charge in [0.2, 0.25) is 0 Å². The molecule has 0 aliphatic rings. The average Bonchev–Trinajstić information content (AvgIpc) is 3.53. The summed E-state index contributed by atoms with van der Waals surface area (Å²) in [6.07, 6.45) is 5.44. The number of rotatable bonds is 7. The van der Waals surface area contributed by atoms with Crippen molar-refractivity contribution < 1.29 is 4.74 Å². The number of aromatic amines is 2. The Morgan fingerprint density at radius 3 is 2.67 bits per heavy atom. The Labute approximate surface area is 208 Å². The number of nitrogens with one attached hydrogen (secondary N) is 2. The summed E-state index contributed by atoms with van der Waals surface area (Å²) in [4.78, 5) is 14.6. The van der Waals surface area contributed by atoms with E-state index in [2.05, 4.69) is 66.4 Å². The highest BCUT2D eigenvalue weighted by atomic mass is 16.5. The molecule has 2 N–H and O–H groups in total. The van der Waals surface area contributed by atoms with Gasteiger partial charge in [0.25, 0.3) is 0 Å². The van der Waals surface area contributed by atoms with Crippen molar-refractivity contribution in [3.05, 3.63) is 85.3 Å². The monoisotopic (exact) mass is 474 g/mol. The third kappa shape index (κ3) is 4.21. The number of fused-ring (bicyclic) bond motifs is 2. The quantitative estimate of drug-likeness (QED) is 0.307. The standard InChI is InChI=1S/C29H26N6O/c1-35(2)12-13-36-21-14-20(17-30-18-21)19-9-10-27-24(15-19)29(34-33-27)28-16-23-22(6-5-8-26(23)32-28)25-7-3-4-11-31-25/h3-11,14-18,32H,12-13H2,1-2H3,(H,33,34). The Kier molecular flexibility index (Phi) is 5.67. The fourth-order valence-corrected chi connectivity index (χ4v) is 4.43. The molecule has 36 heavy (non-hydrogen) atoms. The van der Waals surface area contributed by atoms with Crippen molar-refractivity contribution >= 4 is 21.8 Å². The molecule has 4 heterocycles. The maximum absolute atomic E-state index is 5.89. The second-order valence-corrected chi connectivity index (χ2v) is 9.06. The van der Waals surface area contributed by atoms with Crippen LogP contribution in [0.15, 0.2) is 85.3 Å². The molecule has 0 saturated heterocycles. The van der Waals surface area contributed by atoms with Crippen LogP contribution >= 0.6 is 0 Å². The van der Waals surface area contributed by atoms with Gasteiger partial charge in [-0.2, -0.15) is 5.10 Å². The van der Waals surface area contributed by atoms with E-state index in [4.69, 9.17) is 4.74 Å². The molecular weight excluding hydrogens is 448 g/mol. The van der Waals surface area contributed by atoms with Gasteiger partial charge in [0.15, 0.2) is 0 Å². The van der Waals surface area contributed by atoms with Crippen molar-refractivity contribution in [1.29, 1.82) is 0 Å². The molecule has 2 aromatic carbocycles. The zero-order valence-corrected chi connectivity index (χ0v) is 20.2. The predicted octanol–water partition coefficient (Wildman–Crippen LogP) is 5.78. The van der Waals surface area contributed by atoms with Crippen molar-refractivity contribution in [3.63, 3.8) is 0 Å². The largest absolute Gasteiger partial charge is 0.491 e. The number of hydrogen-bond donors (Lipinski definition) is 2. The molecule has 6 aromatic rings. The number of benzene rings is 2. The average molecular weight is 475 g/mol. The first-order valence-electron chi connectivity index (χ1n) is 11.9. The third-order valence-electron chi connectivity index (χ3n) is 6.28. The van der Waals surface area contributed by atoms with Crippen LogP contribution in [-0.4, -0.2) is 57.3 Å². The van der Waals surface area contributed by atoms with Crippen molar-refractivity contribution in [2.24, 2.45) is 0 Å². The maximum atomic E-state index is 5.89. The van der Waals surface area contributed by atoms with Crippen molar-refractivity contribution in [3.8, 4) is 39.5 Å². The Hall–Kier alpha value is -4.49. The molecule has 0 fully saturated rings. The summed E-state index contributed by atoms with van der Waals surface area (Å²) < 4.78 is 5.89. The smallest absolute Gasteiger partial charge is 0.138 e. The molecule has 0 aliphatic carbocycles. The minimum atomic E-state index is 0.615. The van der Waals surface area contributed by atoms with Crippen LogP contribution in [0.2, 0.25) is 0 Å². The van der Waals surface area contributed by atoms with Gasteiger partial charge in [-0.15, -0.1) is 0 Å². The second kappa shape index (κ2) is 9.28. The molecule has 7 heteroatoms. The van der Waals surface area contributed by atoms with E-state index in [1.54, 1.807) is 6.20 Å². The molecule has 7 nitrogen and oxygen atoms in total. The van der Waals surface area contributed by atoms with E-state index in [0.717, 1.165) is 67.9 Å². The molecule has 0 saturated carbocycles. The topological polar surface area (TPSA) is 82.7 Å². The molecule has 0 bridgehead atoms. The normalized spacial score (nSPS) is 11.5. The zero-order valence-electron chi connectivity index (χ0n) is 20.2. The molecule has 0 spiro atoms. The van der Waals surface area contributed by atoms with Gasteiger partial charge in [0, 0.05) is 46.4 Å². The van der Waals surface area contributed by atoms with E-state index in [9.17, 15) is 0 Å². The first kappa shape index (κ1) is 22.0. The highest BCUT2D eigenvalue weighted by Gasteiger charge is 2.15. The number of pyridine rings is 2. The molecule has 6 rings (SSSR count). The third-order valence-corrected chi connectivity index (χ3v) is 6.28. The zero-order chi connectivity index (χ0) is 24.5. The van der Waals surface area contributed by atoms with E-state index in [-0.39, 0.29) is 0 Å². The first-order chi connectivity index (χ1) is 17.7. The highest BCUT2D eigenvalue weighted by Crippen LogP contribution is 2.35. The lowest BCUT2D eigenvalue weighted by molar-refractivity contribution is 0.261. The molecule has 178 valence electrons. The van der Waals surface area contributed by atoms with E-state index in [1.165, 1.54) is 0 Å². The number of ether oxygens (including phenoxy) is 1. The predicted molar refractivity (Wildman–Crippen MR) is 144 cm³/mol. The van der Waals surface area contributed by atoms with E-state index >= 15 is 0 Å². The van der Waals surface area contributed by atoms with Crippen LogP contribution in [-0.2, 0) is 0 Å². The summed E-state index contributed by atoms with van der Waals surface area (Å²) >= 11 is 0. The number of H-pyrrole nitrogens is 2. The fourth-order valence-electron chi connectivity index (χ4n) is 4.43. The minimum absolute atomic E-state index is 0.615. The Balaban J connectivity index is 1.38. The molecular formula is C29H26N6O. The molecule has 0 unspecified atom stereocenters. The van der Waals surface area contributed by atoms with E-state index in [1.807, 2.05) is 56.8 Å². The number of aromatic nitrogens is 5. The lowest BCUT2D eigenvalue weighted by Crippen LogP contribution is -2.19. The van der Waals surface area contributed by atoms with Gasteiger partial charge in [-0.25, -0.2) is 0 Å². The summed E-state index contributed by atoms with van der Waals surface area (Å²) in [6, 6.07) is 22.7. The summed E-state index contributed by atoms with van der Waals surface area (Å²) in [5.74, 6) is 0.763. The van der Waals surface area contributed by atoms with Gasteiger partial charge < -0.3 is 14.6 Å². The minimum Gasteiger partial charge on any atom is -0.491 e. The number of likely N-dealkylation sites (N-methyl/N-ethyl adjacent to an activating group) is 1. The molecule has 0 aliphatic heterocycles. The van der Waals surface area contributed by atoms with Gasteiger partial charge in [0.05, 0.1) is 23.1 Å². The van der Waals surface area contributed by atoms with Gasteiger partial charge >= 0.3 is 0 Å². The highest BCUT2D eigenvalue weighted by molar-refractivity contribution is 6.01. The molecule has 4 aromatic heterocycles. The van der Waals surface area contributed by atoms with Crippen LogP contribution in [0.4, 0.5) is 0 Å². The van der Waals surface area contributed by atoms with Crippen molar-refractivity contribution in [1.82, 2.24) is 30.0 Å². The van der Waals surface area contributed by atoms with Crippen LogP contribution in [0, 0.1) is 0 Å². The Bertz CT molecular complexity index is 1650. The molecule has 0 atom stereocenters. The van der Waals surface area contributed by atoms with Crippen LogP contribution < -0.4 is 4.74 Å². The Morgan fingerprint density at radius 2 is 1.81 bits per heavy atom. The molecule has 0 radical (unpaired) electrons. The van der Waals surface area contributed by atoms with Crippen molar-refractivity contribution in [2.45, 2.75) is 0 Å². The fraction of sp³-hybridized carbons (Fsp3) is 0.138. The molecule has 0 amide bonds. The first-order valence-corrected chi connectivity index (χ1v) is 11.9. The Morgan fingerprint density at radius 1 is 0.861 bits per heavy atom. The summed E-state index contributed by atoms with van der Waals surface area (Å²) in [7, 11) is 4.06. The van der Waals surface area contributed by atoms with Gasteiger partial charge in [0.1, 0.15) is 18.1 Å². The van der Waals surface area contributed by atoms with Crippen LogP contribution in [0.1, 0.15) is 0 Å². The van der Waals surface area contributed by atoms with Crippen LogP contribution in [0.25, 0.3) is 55.6 Å². The van der Waals surface area contributed by atoms with Crippen LogP contribution in [0.3, 0.4) is 0 Å². The maximum Gasteiger partial charge on any atom is 0.138 e. The van der Waals surface area contributed by atoms with E-state index < -0.39 is 0 Å².